The first kappa shape index (κ1) is 22.0. The minimum absolute atomic E-state index is 0.233. The summed E-state index contributed by atoms with van der Waals surface area (Å²) in [7, 11) is 0. The van der Waals surface area contributed by atoms with Crippen molar-refractivity contribution in [2.24, 2.45) is 5.92 Å². The number of carbonyl (C=O) groups is 1. The van der Waals surface area contributed by atoms with Crippen LogP contribution in [0.1, 0.15) is 61.6 Å². The summed E-state index contributed by atoms with van der Waals surface area (Å²) in [5.74, 6) is -4.27. The van der Waals surface area contributed by atoms with Gasteiger partial charge in [-0.05, 0) is 43.9 Å². The number of aliphatic hydroxyl groups is 1. The number of nitrogens with zero attached hydrogens (tertiary/aromatic N) is 4. The lowest BCUT2D eigenvalue weighted by Crippen LogP contribution is -2.18. The van der Waals surface area contributed by atoms with Crippen molar-refractivity contribution in [1.29, 1.82) is 0 Å². The summed E-state index contributed by atoms with van der Waals surface area (Å²) in [4.78, 5) is 25.9. The Morgan fingerprint density at radius 3 is 2.66 bits per heavy atom. The van der Waals surface area contributed by atoms with E-state index >= 15 is 0 Å². The third-order valence-corrected chi connectivity index (χ3v) is 6.98. The van der Waals surface area contributed by atoms with Crippen LogP contribution in [0.3, 0.4) is 0 Å². The summed E-state index contributed by atoms with van der Waals surface area (Å²) in [6.45, 7) is 3.89. The van der Waals surface area contributed by atoms with Gasteiger partial charge in [0, 0.05) is 53.5 Å². The summed E-state index contributed by atoms with van der Waals surface area (Å²) in [6.07, 6.45) is 7.16. The first-order chi connectivity index (χ1) is 16.7. The fourth-order valence-electron chi connectivity index (χ4n) is 4.57. The highest BCUT2D eigenvalue weighted by atomic mass is 19.3. The maximum Gasteiger partial charge on any atom is 0.260 e. The number of pyridine rings is 3. The zero-order valence-electron chi connectivity index (χ0n) is 19.4. The third kappa shape index (κ3) is 3.83. The van der Waals surface area contributed by atoms with Crippen molar-refractivity contribution in [3.63, 3.8) is 0 Å². The van der Waals surface area contributed by atoms with Crippen LogP contribution in [0.5, 0.6) is 0 Å². The highest BCUT2D eigenvalue weighted by molar-refractivity contribution is 5.97. The normalized spacial score (nSPS) is 19.7. The molecule has 0 saturated heterocycles. The molecule has 2 aliphatic rings. The van der Waals surface area contributed by atoms with E-state index in [-0.39, 0.29) is 5.82 Å². The van der Waals surface area contributed by atoms with E-state index in [1.165, 1.54) is 0 Å². The largest absolute Gasteiger partial charge is 0.387 e. The number of alkyl halides is 2. The molecular weight excluding hydrogens is 452 g/mol. The van der Waals surface area contributed by atoms with Crippen LogP contribution in [0.15, 0.2) is 36.8 Å². The first-order valence-electron chi connectivity index (χ1n) is 11.9. The Bertz CT molecular complexity index is 1490. The molecule has 0 unspecified atom stereocenters. The van der Waals surface area contributed by atoms with E-state index in [0.717, 1.165) is 51.8 Å². The van der Waals surface area contributed by atoms with E-state index in [9.17, 15) is 18.7 Å². The Hall–Kier alpha value is -3.46. The average molecular weight is 478 g/mol. The molecule has 0 aliphatic heterocycles. The van der Waals surface area contributed by atoms with Gasteiger partial charge in [-0.25, -0.2) is 18.7 Å². The van der Waals surface area contributed by atoms with E-state index in [2.05, 4.69) is 15.3 Å². The fraction of sp³-hybridized carbons (Fsp3) is 0.385. The molecule has 180 valence electrons. The molecule has 2 fully saturated rings. The number of carbonyl (C=O) groups excluding carboxylic acids is 1. The van der Waals surface area contributed by atoms with Crippen molar-refractivity contribution in [2.45, 2.75) is 57.5 Å². The van der Waals surface area contributed by atoms with Crippen LogP contribution < -0.4 is 5.32 Å². The van der Waals surface area contributed by atoms with Crippen LogP contribution in [-0.4, -0.2) is 36.3 Å². The van der Waals surface area contributed by atoms with E-state index in [1.54, 1.807) is 18.5 Å². The standard InChI is InChI=1S/C26H25F2N5O2/c1-3-22(34)19-6-13(2)17(11-29-19)16-7-15-10-30-23(32-25(35)18-9-26(18,27)28)8-21(15)33-12-20(14-4-5-14)31-24(16)33/h6-8,10-12,14,18,22,34H,3-5,9H2,1-2H3,(H,30,32,35)/t18-,22+/m1/s1. The highest BCUT2D eigenvalue weighted by Gasteiger charge is 2.61. The van der Waals surface area contributed by atoms with Gasteiger partial charge in [0.15, 0.2) is 0 Å². The molecule has 2 N–H and O–H groups in total. The van der Waals surface area contributed by atoms with Crippen molar-refractivity contribution < 1.29 is 18.7 Å². The van der Waals surface area contributed by atoms with E-state index in [1.807, 2.05) is 36.6 Å². The number of hydrogen-bond acceptors (Lipinski definition) is 5. The van der Waals surface area contributed by atoms with E-state index in [4.69, 9.17) is 4.98 Å². The SMILES string of the molecule is CC[C@H](O)c1cc(C)c(-c2cc3cnc(NC(=O)[C@H]4CC4(F)F)cc3n3cc(C4CC4)nc23)cn1. The van der Waals surface area contributed by atoms with Crippen LogP contribution in [0.2, 0.25) is 0 Å². The molecule has 2 aliphatic carbocycles. The monoisotopic (exact) mass is 477 g/mol. The maximum absolute atomic E-state index is 13.3. The van der Waals surface area contributed by atoms with Gasteiger partial charge in [-0.1, -0.05) is 6.92 Å². The summed E-state index contributed by atoms with van der Waals surface area (Å²) in [6, 6.07) is 5.59. The van der Waals surface area contributed by atoms with Crippen molar-refractivity contribution in [3.8, 4) is 11.1 Å². The number of amides is 1. The molecule has 4 aromatic heterocycles. The molecule has 4 aromatic rings. The summed E-state index contributed by atoms with van der Waals surface area (Å²) in [5, 5.41) is 13.6. The van der Waals surface area contributed by atoms with Crippen molar-refractivity contribution in [3.05, 3.63) is 53.7 Å². The second-order valence-corrected chi connectivity index (χ2v) is 9.68. The molecule has 0 spiro atoms. The number of anilines is 1. The van der Waals surface area contributed by atoms with Gasteiger partial charge in [0.25, 0.3) is 5.92 Å². The molecule has 35 heavy (non-hydrogen) atoms. The van der Waals surface area contributed by atoms with Crippen LogP contribution in [0.4, 0.5) is 14.6 Å². The molecular formula is C26H25F2N5O2. The number of imidazole rings is 1. The number of halogens is 2. The van der Waals surface area contributed by atoms with Crippen LogP contribution in [0.25, 0.3) is 27.7 Å². The average Bonchev–Trinajstić information content (AvgIpc) is 3.74. The van der Waals surface area contributed by atoms with Crippen molar-refractivity contribution in [2.75, 3.05) is 5.32 Å². The smallest absolute Gasteiger partial charge is 0.260 e. The molecule has 4 heterocycles. The van der Waals surface area contributed by atoms with Gasteiger partial charge in [0.05, 0.1) is 23.0 Å². The molecule has 2 atom stereocenters. The second kappa shape index (κ2) is 7.78. The number of hydrogen-bond donors (Lipinski definition) is 2. The van der Waals surface area contributed by atoms with Crippen LogP contribution in [-0.2, 0) is 4.79 Å². The number of fused-ring (bicyclic) bond motifs is 3. The zero-order valence-corrected chi connectivity index (χ0v) is 19.4. The Labute approximate surface area is 200 Å². The molecule has 0 bridgehead atoms. The Morgan fingerprint density at radius 2 is 2.00 bits per heavy atom. The summed E-state index contributed by atoms with van der Waals surface area (Å²) in [5.41, 5.74) is 5.94. The molecule has 2 saturated carbocycles. The van der Waals surface area contributed by atoms with Gasteiger partial charge in [-0.15, -0.1) is 0 Å². The number of rotatable bonds is 6. The predicted octanol–water partition coefficient (Wildman–Crippen LogP) is 5.17. The minimum atomic E-state index is -2.93. The lowest BCUT2D eigenvalue weighted by molar-refractivity contribution is -0.119. The number of aromatic nitrogens is 4. The second-order valence-electron chi connectivity index (χ2n) is 9.68. The van der Waals surface area contributed by atoms with Crippen LogP contribution >= 0.6 is 0 Å². The van der Waals surface area contributed by atoms with Crippen molar-refractivity contribution in [1.82, 2.24) is 19.4 Å². The van der Waals surface area contributed by atoms with Gasteiger partial charge in [0.2, 0.25) is 5.91 Å². The fourth-order valence-corrected chi connectivity index (χ4v) is 4.57. The van der Waals surface area contributed by atoms with E-state index < -0.39 is 30.3 Å². The van der Waals surface area contributed by atoms with Gasteiger partial charge < -0.3 is 10.4 Å². The number of nitrogens with one attached hydrogen (secondary N) is 1. The third-order valence-electron chi connectivity index (χ3n) is 6.98. The lowest BCUT2D eigenvalue weighted by atomic mass is 10.0. The first-order valence-corrected chi connectivity index (χ1v) is 11.9. The summed E-state index contributed by atoms with van der Waals surface area (Å²) >= 11 is 0. The predicted molar refractivity (Wildman–Crippen MR) is 127 cm³/mol. The Balaban J connectivity index is 1.46. The highest BCUT2D eigenvalue weighted by Crippen LogP contribution is 2.49. The number of aryl methyl sites for hydroxylation is 1. The quantitative estimate of drug-likeness (QED) is 0.400. The van der Waals surface area contributed by atoms with Crippen LogP contribution in [0, 0.1) is 12.8 Å². The molecule has 0 radical (unpaired) electrons. The maximum atomic E-state index is 13.3. The Kier molecular flexibility index (Phi) is 4.90. The van der Waals surface area contributed by atoms with E-state index in [0.29, 0.717) is 18.0 Å². The molecule has 7 nitrogen and oxygen atoms in total. The summed E-state index contributed by atoms with van der Waals surface area (Å²) < 4.78 is 28.6. The number of aliphatic hydroxyl groups excluding tert-OH is 1. The molecule has 9 heteroatoms. The van der Waals surface area contributed by atoms with Gasteiger partial charge >= 0.3 is 0 Å². The molecule has 0 aromatic carbocycles. The topological polar surface area (TPSA) is 92.4 Å². The lowest BCUT2D eigenvalue weighted by Gasteiger charge is -2.14. The van der Waals surface area contributed by atoms with Gasteiger partial charge in [-0.3, -0.25) is 14.2 Å². The van der Waals surface area contributed by atoms with Crippen molar-refractivity contribution >= 4 is 28.3 Å². The Morgan fingerprint density at radius 1 is 1.23 bits per heavy atom. The molecule has 1 amide bonds. The van der Waals surface area contributed by atoms with Gasteiger partial charge in [0.1, 0.15) is 17.4 Å². The minimum Gasteiger partial charge on any atom is -0.387 e. The zero-order chi connectivity index (χ0) is 24.5. The molecule has 6 rings (SSSR count). The van der Waals surface area contributed by atoms with Gasteiger partial charge in [-0.2, -0.15) is 0 Å².